The van der Waals surface area contributed by atoms with Crippen LogP contribution in [-0.4, -0.2) is 26.9 Å². The molecule has 0 atom stereocenters. The van der Waals surface area contributed by atoms with Crippen LogP contribution in [-0.2, 0) is 20.4 Å². The van der Waals surface area contributed by atoms with E-state index in [4.69, 9.17) is 4.74 Å². The summed E-state index contributed by atoms with van der Waals surface area (Å²) >= 11 is 0. The number of benzene rings is 1. The molecule has 0 unspecified atom stereocenters. The van der Waals surface area contributed by atoms with Crippen LogP contribution in [0.15, 0.2) is 41.3 Å². The molecule has 0 saturated heterocycles. The van der Waals surface area contributed by atoms with Gasteiger partial charge in [0.1, 0.15) is 0 Å². The van der Waals surface area contributed by atoms with Crippen LogP contribution in [0.3, 0.4) is 0 Å². The number of hydrogen-bond donors (Lipinski definition) is 1. The molecule has 0 fully saturated rings. The van der Waals surface area contributed by atoms with Gasteiger partial charge in [-0.05, 0) is 25.1 Å². The van der Waals surface area contributed by atoms with Crippen LogP contribution in [0.1, 0.15) is 11.3 Å². The fraction of sp³-hybridized carbons (Fsp3) is 0.200. The Bertz CT molecular complexity index is 771. The van der Waals surface area contributed by atoms with Crippen LogP contribution in [0.4, 0.5) is 5.69 Å². The average molecular weight is 320 g/mol. The third-order valence-electron chi connectivity index (χ3n) is 3.08. The Hall–Kier alpha value is -2.41. The number of amides is 1. The molecule has 1 aromatic heterocycles. The van der Waals surface area contributed by atoms with Gasteiger partial charge < -0.3 is 10.1 Å². The van der Waals surface area contributed by atoms with E-state index in [1.165, 1.54) is 7.11 Å². The molecule has 0 spiro atoms. The number of carbonyl (C=O) groups excluding carboxylic acids is 1. The van der Waals surface area contributed by atoms with Crippen molar-refractivity contribution in [2.75, 3.05) is 12.4 Å². The van der Waals surface area contributed by atoms with Gasteiger partial charge in [0.25, 0.3) is 0 Å². The molecule has 2 aromatic rings. The third kappa shape index (κ3) is 3.62. The first-order valence-corrected chi connectivity index (χ1v) is 8.15. The van der Waals surface area contributed by atoms with E-state index in [1.807, 2.05) is 6.92 Å². The summed E-state index contributed by atoms with van der Waals surface area (Å²) < 4.78 is 29.9. The van der Waals surface area contributed by atoms with Gasteiger partial charge in [-0.3, -0.25) is 4.79 Å². The predicted octanol–water partition coefficient (Wildman–Crippen LogP) is 1.94. The van der Waals surface area contributed by atoms with E-state index in [9.17, 15) is 13.2 Å². The molecule has 6 nitrogen and oxygen atoms in total. The molecule has 2 rings (SSSR count). The number of aromatic nitrogens is 1. The summed E-state index contributed by atoms with van der Waals surface area (Å²) in [5.74, 6) is -0.0470. The van der Waals surface area contributed by atoms with Crippen LogP contribution < -0.4 is 10.1 Å². The fourth-order valence-corrected chi connectivity index (χ4v) is 3.21. The number of nitrogens with zero attached hydrogens (tertiary/aromatic N) is 1. The van der Waals surface area contributed by atoms with Gasteiger partial charge in [-0.1, -0.05) is 17.7 Å². The van der Waals surface area contributed by atoms with Crippen molar-refractivity contribution in [1.29, 1.82) is 0 Å². The van der Waals surface area contributed by atoms with Gasteiger partial charge in [0.2, 0.25) is 12.3 Å². The van der Waals surface area contributed by atoms with Gasteiger partial charge >= 0.3 is 0 Å². The highest BCUT2D eigenvalue weighted by atomic mass is 32.2. The Balaban J connectivity index is 2.39. The first-order valence-electron chi connectivity index (χ1n) is 6.50. The van der Waals surface area contributed by atoms with Crippen LogP contribution in [0, 0.1) is 6.92 Å². The van der Waals surface area contributed by atoms with Crippen LogP contribution in [0.5, 0.6) is 5.88 Å². The molecule has 1 amide bonds. The minimum absolute atomic E-state index is 0.208. The van der Waals surface area contributed by atoms with E-state index in [2.05, 4.69) is 10.3 Å². The number of anilines is 1. The smallest absolute Gasteiger partial charge is 0.213 e. The summed E-state index contributed by atoms with van der Waals surface area (Å²) in [6, 6.07) is 9.68. The molecule has 0 saturated carbocycles. The first kappa shape index (κ1) is 16.0. The van der Waals surface area contributed by atoms with E-state index in [-0.39, 0.29) is 22.2 Å². The summed E-state index contributed by atoms with van der Waals surface area (Å²) in [6.45, 7) is 1.88. The number of nitrogens with one attached hydrogen (secondary N) is 1. The Labute approximate surface area is 129 Å². The van der Waals surface area contributed by atoms with Gasteiger partial charge in [0.05, 0.1) is 29.1 Å². The molecule has 0 radical (unpaired) electrons. The second-order valence-corrected chi connectivity index (χ2v) is 6.67. The molecule has 0 aliphatic carbocycles. The van der Waals surface area contributed by atoms with E-state index >= 15 is 0 Å². The molecule has 0 aliphatic heterocycles. The number of carbonyl (C=O) groups is 1. The Morgan fingerprint density at radius 1 is 1.18 bits per heavy atom. The molecule has 7 heteroatoms. The quantitative estimate of drug-likeness (QED) is 0.822. The number of rotatable bonds is 6. The topological polar surface area (TPSA) is 85.4 Å². The molecular weight excluding hydrogens is 304 g/mol. The first-order chi connectivity index (χ1) is 10.5. The van der Waals surface area contributed by atoms with Crippen molar-refractivity contribution in [1.82, 2.24) is 4.98 Å². The molecule has 0 bridgehead atoms. The number of aryl methyl sites for hydroxylation is 1. The van der Waals surface area contributed by atoms with Crippen LogP contribution >= 0.6 is 0 Å². The normalized spacial score (nSPS) is 11.0. The van der Waals surface area contributed by atoms with Crippen molar-refractivity contribution in [3.63, 3.8) is 0 Å². The van der Waals surface area contributed by atoms with Gasteiger partial charge in [0.15, 0.2) is 9.84 Å². The third-order valence-corrected chi connectivity index (χ3v) is 4.72. The molecular formula is C15H16N2O4S. The van der Waals surface area contributed by atoms with Crippen molar-refractivity contribution in [3.05, 3.63) is 47.7 Å². The summed E-state index contributed by atoms with van der Waals surface area (Å²) in [5.41, 5.74) is 1.54. The molecule has 116 valence electrons. The zero-order valence-electron chi connectivity index (χ0n) is 12.2. The summed E-state index contributed by atoms with van der Waals surface area (Å²) in [6.07, 6.45) is 0.478. The number of sulfone groups is 1. The summed E-state index contributed by atoms with van der Waals surface area (Å²) in [7, 11) is -2.13. The lowest BCUT2D eigenvalue weighted by Crippen LogP contribution is -2.10. The molecule has 22 heavy (non-hydrogen) atoms. The van der Waals surface area contributed by atoms with Crippen molar-refractivity contribution < 1.29 is 17.9 Å². The Morgan fingerprint density at radius 2 is 1.86 bits per heavy atom. The van der Waals surface area contributed by atoms with Gasteiger partial charge in [-0.15, -0.1) is 0 Å². The van der Waals surface area contributed by atoms with Crippen molar-refractivity contribution in [2.45, 2.75) is 17.6 Å². The second kappa shape index (κ2) is 6.57. The van der Waals surface area contributed by atoms with E-state index in [0.717, 1.165) is 5.56 Å². The minimum Gasteiger partial charge on any atom is -0.481 e. The van der Waals surface area contributed by atoms with E-state index in [0.29, 0.717) is 12.1 Å². The van der Waals surface area contributed by atoms with Crippen molar-refractivity contribution in [3.8, 4) is 5.88 Å². The Morgan fingerprint density at radius 3 is 2.45 bits per heavy atom. The maximum absolute atomic E-state index is 12.5. The number of methoxy groups -OCH3 is 1. The van der Waals surface area contributed by atoms with E-state index in [1.54, 1.807) is 36.4 Å². The lowest BCUT2D eigenvalue weighted by atomic mass is 10.2. The molecule has 1 heterocycles. The number of ether oxygens (including phenoxy) is 1. The molecule has 1 aromatic carbocycles. The minimum atomic E-state index is -3.57. The van der Waals surface area contributed by atoms with Crippen molar-refractivity contribution in [2.24, 2.45) is 0 Å². The van der Waals surface area contributed by atoms with Gasteiger partial charge in [-0.25, -0.2) is 13.4 Å². The lowest BCUT2D eigenvalue weighted by Gasteiger charge is -2.10. The SMILES string of the molecule is COc1ccc(NC=O)c(CS(=O)(=O)c2ccc(C)cc2)n1. The summed E-state index contributed by atoms with van der Waals surface area (Å²) in [5, 5.41) is 2.45. The monoisotopic (exact) mass is 320 g/mol. The Kier molecular flexibility index (Phi) is 4.77. The number of hydrogen-bond acceptors (Lipinski definition) is 5. The average Bonchev–Trinajstić information content (AvgIpc) is 2.49. The highest BCUT2D eigenvalue weighted by molar-refractivity contribution is 7.90. The van der Waals surface area contributed by atoms with Gasteiger partial charge in [-0.2, -0.15) is 0 Å². The molecule has 0 aliphatic rings. The van der Waals surface area contributed by atoms with Crippen LogP contribution in [0.25, 0.3) is 0 Å². The number of pyridine rings is 1. The van der Waals surface area contributed by atoms with Crippen LogP contribution in [0.2, 0.25) is 0 Å². The van der Waals surface area contributed by atoms with E-state index < -0.39 is 9.84 Å². The zero-order valence-corrected chi connectivity index (χ0v) is 13.1. The zero-order chi connectivity index (χ0) is 16.2. The highest BCUT2D eigenvalue weighted by Crippen LogP contribution is 2.23. The largest absolute Gasteiger partial charge is 0.481 e. The van der Waals surface area contributed by atoms with Gasteiger partial charge in [0, 0.05) is 6.07 Å². The fourth-order valence-electron chi connectivity index (χ4n) is 1.91. The predicted molar refractivity (Wildman–Crippen MR) is 82.5 cm³/mol. The standard InChI is InChI=1S/C15H16N2O4S/c1-11-3-5-12(6-4-11)22(19,20)9-14-13(16-10-18)7-8-15(17-14)21-2/h3-8,10H,9H2,1-2H3,(H,16,18). The lowest BCUT2D eigenvalue weighted by molar-refractivity contribution is -0.105. The molecule has 1 N–H and O–H groups in total. The summed E-state index contributed by atoms with van der Waals surface area (Å²) in [4.78, 5) is 15.0. The second-order valence-electron chi connectivity index (χ2n) is 4.68. The maximum atomic E-state index is 12.5. The maximum Gasteiger partial charge on any atom is 0.213 e. The van der Waals surface area contributed by atoms with Crippen molar-refractivity contribution >= 4 is 21.9 Å². The highest BCUT2D eigenvalue weighted by Gasteiger charge is 2.19.